The first-order valence-corrected chi connectivity index (χ1v) is 10.2. The second kappa shape index (κ2) is 10.2. The monoisotopic (exact) mass is 469 g/mol. The fourth-order valence-electron chi connectivity index (χ4n) is 3.29. The van der Waals surface area contributed by atoms with Gasteiger partial charge in [-0.05, 0) is 41.0 Å². The molecular formula is C24H24BrNO4. The molecule has 1 unspecified atom stereocenters. The maximum atomic E-state index is 13.0. The maximum absolute atomic E-state index is 13.0. The van der Waals surface area contributed by atoms with Crippen LogP contribution in [-0.4, -0.2) is 27.2 Å². The van der Waals surface area contributed by atoms with Crippen molar-refractivity contribution in [1.29, 1.82) is 0 Å². The van der Waals surface area contributed by atoms with Crippen LogP contribution in [0.2, 0.25) is 0 Å². The van der Waals surface area contributed by atoms with Crippen LogP contribution in [0, 0.1) is 0 Å². The molecule has 0 radical (unpaired) electrons. The summed E-state index contributed by atoms with van der Waals surface area (Å²) in [4.78, 5) is 13.0. The summed E-state index contributed by atoms with van der Waals surface area (Å²) in [5.41, 5.74) is 2.78. The summed E-state index contributed by atoms with van der Waals surface area (Å²) in [5, 5.41) is 3.15. The lowest BCUT2D eigenvalue weighted by atomic mass is 9.98. The predicted molar refractivity (Wildman–Crippen MR) is 120 cm³/mol. The molecule has 156 valence electrons. The van der Waals surface area contributed by atoms with Crippen LogP contribution in [0.5, 0.6) is 17.2 Å². The van der Waals surface area contributed by atoms with Gasteiger partial charge in [-0.25, -0.2) is 0 Å². The van der Waals surface area contributed by atoms with Gasteiger partial charge in [0.25, 0.3) is 0 Å². The van der Waals surface area contributed by atoms with E-state index in [2.05, 4.69) is 21.2 Å². The second-order valence-corrected chi connectivity index (χ2v) is 7.59. The van der Waals surface area contributed by atoms with E-state index in [-0.39, 0.29) is 18.4 Å². The Labute approximate surface area is 185 Å². The SMILES string of the molecule is COc1cc(CC(=O)NC(c2ccccc2)c2ccc(Br)cc2)cc(OC)c1OC. The van der Waals surface area contributed by atoms with Crippen LogP contribution in [0.1, 0.15) is 22.7 Å². The van der Waals surface area contributed by atoms with E-state index >= 15 is 0 Å². The molecule has 1 amide bonds. The molecule has 1 N–H and O–H groups in total. The van der Waals surface area contributed by atoms with Gasteiger partial charge in [0.1, 0.15) is 0 Å². The van der Waals surface area contributed by atoms with Crippen LogP contribution in [0.3, 0.4) is 0 Å². The first-order chi connectivity index (χ1) is 14.5. The lowest BCUT2D eigenvalue weighted by Gasteiger charge is -2.20. The smallest absolute Gasteiger partial charge is 0.225 e. The molecule has 0 aliphatic rings. The van der Waals surface area contributed by atoms with Crippen LogP contribution in [0.4, 0.5) is 0 Å². The van der Waals surface area contributed by atoms with Gasteiger partial charge in [-0.3, -0.25) is 4.79 Å². The topological polar surface area (TPSA) is 56.8 Å². The number of amides is 1. The van der Waals surface area contributed by atoms with E-state index in [1.807, 2.05) is 54.6 Å². The summed E-state index contributed by atoms with van der Waals surface area (Å²) in [7, 11) is 4.66. The highest BCUT2D eigenvalue weighted by Gasteiger charge is 2.19. The fraction of sp³-hybridized carbons (Fsp3) is 0.208. The maximum Gasteiger partial charge on any atom is 0.225 e. The summed E-state index contributed by atoms with van der Waals surface area (Å²) >= 11 is 3.46. The van der Waals surface area contributed by atoms with Crippen molar-refractivity contribution < 1.29 is 19.0 Å². The number of benzene rings is 3. The predicted octanol–water partition coefficient (Wildman–Crippen LogP) is 4.92. The Morgan fingerprint density at radius 2 is 1.43 bits per heavy atom. The van der Waals surface area contributed by atoms with E-state index in [1.54, 1.807) is 33.5 Å². The molecule has 3 rings (SSSR count). The number of ether oxygens (including phenoxy) is 3. The molecule has 30 heavy (non-hydrogen) atoms. The zero-order valence-corrected chi connectivity index (χ0v) is 18.7. The number of hydrogen-bond donors (Lipinski definition) is 1. The van der Waals surface area contributed by atoms with Gasteiger partial charge in [-0.15, -0.1) is 0 Å². The van der Waals surface area contributed by atoms with Crippen molar-refractivity contribution in [3.05, 3.63) is 87.9 Å². The zero-order valence-electron chi connectivity index (χ0n) is 17.1. The Morgan fingerprint density at radius 1 is 0.867 bits per heavy atom. The number of carbonyl (C=O) groups is 1. The summed E-state index contributed by atoms with van der Waals surface area (Å²) < 4.78 is 17.1. The molecule has 3 aromatic carbocycles. The van der Waals surface area contributed by atoms with Gasteiger partial charge >= 0.3 is 0 Å². The fourth-order valence-corrected chi connectivity index (χ4v) is 3.56. The minimum absolute atomic E-state index is 0.110. The minimum atomic E-state index is -0.256. The van der Waals surface area contributed by atoms with Gasteiger partial charge in [0.05, 0.1) is 33.8 Å². The first-order valence-electron chi connectivity index (χ1n) is 9.44. The summed E-state index contributed by atoms with van der Waals surface area (Å²) in [6, 6.07) is 21.2. The molecular weight excluding hydrogens is 446 g/mol. The quantitative estimate of drug-likeness (QED) is 0.508. The summed E-state index contributed by atoms with van der Waals surface area (Å²) in [6.45, 7) is 0. The summed E-state index contributed by atoms with van der Waals surface area (Å²) in [6.07, 6.45) is 0.177. The van der Waals surface area contributed by atoms with Crippen molar-refractivity contribution in [2.75, 3.05) is 21.3 Å². The number of rotatable bonds is 8. The van der Waals surface area contributed by atoms with Crippen molar-refractivity contribution in [3.8, 4) is 17.2 Å². The molecule has 0 aliphatic carbocycles. The Morgan fingerprint density at radius 3 is 1.97 bits per heavy atom. The Balaban J connectivity index is 1.85. The van der Waals surface area contributed by atoms with Crippen molar-refractivity contribution in [3.63, 3.8) is 0 Å². The third kappa shape index (κ3) is 5.13. The molecule has 0 heterocycles. The van der Waals surface area contributed by atoms with Crippen molar-refractivity contribution in [1.82, 2.24) is 5.32 Å². The molecule has 0 spiro atoms. The van der Waals surface area contributed by atoms with Gasteiger partial charge in [-0.2, -0.15) is 0 Å². The van der Waals surface area contributed by atoms with Gasteiger partial charge in [0.15, 0.2) is 11.5 Å². The Bertz CT molecular complexity index is 965. The first kappa shape index (κ1) is 21.7. The lowest BCUT2D eigenvalue weighted by molar-refractivity contribution is -0.120. The largest absolute Gasteiger partial charge is 0.493 e. The van der Waals surface area contributed by atoms with Crippen molar-refractivity contribution >= 4 is 21.8 Å². The molecule has 6 heteroatoms. The molecule has 0 aliphatic heterocycles. The minimum Gasteiger partial charge on any atom is -0.493 e. The van der Waals surface area contributed by atoms with Gasteiger partial charge < -0.3 is 19.5 Å². The second-order valence-electron chi connectivity index (χ2n) is 6.67. The Hall–Kier alpha value is -2.99. The lowest BCUT2D eigenvalue weighted by Crippen LogP contribution is -2.30. The van der Waals surface area contributed by atoms with E-state index in [0.29, 0.717) is 17.2 Å². The van der Waals surface area contributed by atoms with Crippen LogP contribution in [0.25, 0.3) is 0 Å². The van der Waals surface area contributed by atoms with E-state index < -0.39 is 0 Å². The van der Waals surface area contributed by atoms with Gasteiger partial charge in [0.2, 0.25) is 11.7 Å². The normalized spacial score (nSPS) is 11.5. The number of hydrogen-bond acceptors (Lipinski definition) is 4. The number of carbonyl (C=O) groups excluding carboxylic acids is 1. The standard InChI is InChI=1S/C24H24BrNO4/c1-28-20-13-16(14-21(29-2)24(20)30-3)15-22(27)26-23(17-7-5-4-6-8-17)18-9-11-19(25)12-10-18/h4-14,23H,15H2,1-3H3,(H,26,27). The molecule has 3 aromatic rings. The molecule has 0 saturated heterocycles. The van der Waals surface area contributed by atoms with Crippen LogP contribution in [0.15, 0.2) is 71.2 Å². The highest BCUT2D eigenvalue weighted by atomic mass is 79.9. The van der Waals surface area contributed by atoms with Crippen LogP contribution in [-0.2, 0) is 11.2 Å². The highest BCUT2D eigenvalue weighted by Crippen LogP contribution is 2.38. The zero-order chi connectivity index (χ0) is 21.5. The van der Waals surface area contributed by atoms with E-state index in [0.717, 1.165) is 21.2 Å². The number of halogens is 1. The number of nitrogens with one attached hydrogen (secondary N) is 1. The average Bonchev–Trinajstić information content (AvgIpc) is 2.78. The van der Waals surface area contributed by atoms with Crippen LogP contribution < -0.4 is 19.5 Å². The molecule has 0 fully saturated rings. The van der Waals surface area contributed by atoms with E-state index in [9.17, 15) is 4.79 Å². The third-order valence-electron chi connectivity index (χ3n) is 4.73. The Kier molecular flexibility index (Phi) is 7.36. The average molecular weight is 470 g/mol. The van der Waals surface area contributed by atoms with Crippen LogP contribution >= 0.6 is 15.9 Å². The molecule has 0 bridgehead atoms. The van der Waals surface area contributed by atoms with Crippen molar-refractivity contribution in [2.45, 2.75) is 12.5 Å². The summed E-state index contributed by atoms with van der Waals surface area (Å²) in [5.74, 6) is 1.43. The molecule has 0 aromatic heterocycles. The van der Waals surface area contributed by atoms with Gasteiger partial charge in [0, 0.05) is 4.47 Å². The molecule has 5 nitrogen and oxygen atoms in total. The molecule has 0 saturated carbocycles. The van der Waals surface area contributed by atoms with Gasteiger partial charge in [-0.1, -0.05) is 58.4 Å². The third-order valence-corrected chi connectivity index (χ3v) is 5.26. The number of methoxy groups -OCH3 is 3. The van der Waals surface area contributed by atoms with E-state index in [1.165, 1.54) is 0 Å². The van der Waals surface area contributed by atoms with E-state index in [4.69, 9.17) is 14.2 Å². The molecule has 1 atom stereocenters. The highest BCUT2D eigenvalue weighted by molar-refractivity contribution is 9.10. The van der Waals surface area contributed by atoms with Crippen molar-refractivity contribution in [2.24, 2.45) is 0 Å².